The summed E-state index contributed by atoms with van der Waals surface area (Å²) in [6.07, 6.45) is 12.1. The first-order valence-electron chi connectivity index (χ1n) is 6.33. The highest BCUT2D eigenvalue weighted by atomic mass is 31.1. The van der Waals surface area contributed by atoms with Crippen LogP contribution in [-0.2, 0) is 4.52 Å². The Labute approximate surface area is 97.1 Å². The van der Waals surface area contributed by atoms with Crippen LogP contribution in [0.5, 0.6) is 0 Å². The molecule has 0 aromatic carbocycles. The third-order valence-electron chi connectivity index (χ3n) is 2.37. The molecule has 0 saturated carbocycles. The number of allylic oxidation sites excluding steroid dienone is 1. The minimum absolute atomic E-state index is 0.207. The van der Waals surface area contributed by atoms with Crippen molar-refractivity contribution in [2.45, 2.75) is 52.4 Å². The topological polar surface area (TPSA) is 9.23 Å². The van der Waals surface area contributed by atoms with Crippen LogP contribution in [0.2, 0.25) is 0 Å². The first-order chi connectivity index (χ1) is 7.35. The molecule has 0 rings (SSSR count). The molecule has 0 aliphatic rings. The van der Waals surface area contributed by atoms with Gasteiger partial charge < -0.3 is 4.52 Å². The quantitative estimate of drug-likeness (QED) is 0.277. The minimum Gasteiger partial charge on any atom is -0.359 e. The summed E-state index contributed by atoms with van der Waals surface area (Å²) < 4.78 is 5.92. The van der Waals surface area contributed by atoms with Crippen molar-refractivity contribution in [3.8, 4) is 0 Å². The summed E-state index contributed by atoms with van der Waals surface area (Å²) in [5, 5.41) is 0. The van der Waals surface area contributed by atoms with Crippen molar-refractivity contribution >= 4 is 8.15 Å². The maximum absolute atomic E-state index is 5.92. The number of rotatable bonds is 11. The second-order valence-corrected chi connectivity index (χ2v) is 5.96. The molecule has 2 heteroatoms. The first-order valence-corrected chi connectivity index (χ1v) is 7.96. The molecule has 0 aliphatic carbocycles. The van der Waals surface area contributed by atoms with E-state index in [1.54, 1.807) is 0 Å². The SMILES string of the molecule is C=CCP(CCCCC)OCCCCC. The lowest BCUT2D eigenvalue weighted by Gasteiger charge is -2.15. The fraction of sp³-hybridized carbons (Fsp3) is 0.846. The monoisotopic (exact) mass is 230 g/mol. The van der Waals surface area contributed by atoms with E-state index in [0.717, 1.165) is 12.8 Å². The molecule has 0 N–H and O–H groups in total. The molecular weight excluding hydrogens is 203 g/mol. The molecule has 0 bridgehead atoms. The Kier molecular flexibility index (Phi) is 12.3. The zero-order valence-electron chi connectivity index (χ0n) is 10.5. The Hall–Kier alpha value is 0.130. The average Bonchev–Trinajstić information content (AvgIpc) is 2.24. The highest BCUT2D eigenvalue weighted by Crippen LogP contribution is 2.38. The lowest BCUT2D eigenvalue weighted by atomic mass is 10.3. The Morgan fingerprint density at radius 2 is 1.73 bits per heavy atom. The van der Waals surface area contributed by atoms with Gasteiger partial charge in [-0.2, -0.15) is 0 Å². The molecule has 1 unspecified atom stereocenters. The van der Waals surface area contributed by atoms with Crippen molar-refractivity contribution in [1.29, 1.82) is 0 Å². The summed E-state index contributed by atoms with van der Waals surface area (Å²) >= 11 is 0. The van der Waals surface area contributed by atoms with Gasteiger partial charge in [0.1, 0.15) is 0 Å². The predicted octanol–water partition coefficient (Wildman–Crippen LogP) is 4.97. The number of hydrogen-bond donors (Lipinski definition) is 0. The van der Waals surface area contributed by atoms with Gasteiger partial charge in [-0.3, -0.25) is 0 Å². The second-order valence-electron chi connectivity index (χ2n) is 3.92. The van der Waals surface area contributed by atoms with Crippen LogP contribution in [0.4, 0.5) is 0 Å². The van der Waals surface area contributed by atoms with Gasteiger partial charge in [0.25, 0.3) is 0 Å². The molecule has 0 aromatic heterocycles. The van der Waals surface area contributed by atoms with Crippen LogP contribution in [0.3, 0.4) is 0 Å². The van der Waals surface area contributed by atoms with E-state index in [1.807, 2.05) is 6.08 Å². The summed E-state index contributed by atoms with van der Waals surface area (Å²) in [7, 11) is -0.207. The molecule has 0 fully saturated rings. The van der Waals surface area contributed by atoms with Crippen LogP contribution in [-0.4, -0.2) is 18.9 Å². The van der Waals surface area contributed by atoms with Gasteiger partial charge in [0.15, 0.2) is 0 Å². The van der Waals surface area contributed by atoms with Crippen LogP contribution in [0.1, 0.15) is 52.4 Å². The maximum Gasteiger partial charge on any atom is 0.0509 e. The average molecular weight is 230 g/mol. The summed E-state index contributed by atoms with van der Waals surface area (Å²) in [6, 6.07) is 0. The summed E-state index contributed by atoms with van der Waals surface area (Å²) in [4.78, 5) is 0. The highest BCUT2D eigenvalue weighted by molar-refractivity contribution is 7.52. The van der Waals surface area contributed by atoms with Crippen LogP contribution in [0.15, 0.2) is 12.7 Å². The fourth-order valence-electron chi connectivity index (χ4n) is 1.44. The molecule has 0 aliphatic heterocycles. The molecule has 1 nitrogen and oxygen atoms in total. The largest absolute Gasteiger partial charge is 0.359 e. The van der Waals surface area contributed by atoms with E-state index in [1.165, 1.54) is 44.7 Å². The molecule has 0 aromatic rings. The van der Waals surface area contributed by atoms with E-state index in [0.29, 0.717) is 0 Å². The molecule has 0 amide bonds. The Morgan fingerprint density at radius 1 is 1.07 bits per heavy atom. The van der Waals surface area contributed by atoms with Crippen molar-refractivity contribution in [1.82, 2.24) is 0 Å². The van der Waals surface area contributed by atoms with Gasteiger partial charge >= 0.3 is 0 Å². The van der Waals surface area contributed by atoms with Gasteiger partial charge in [0.05, 0.1) is 6.61 Å². The van der Waals surface area contributed by atoms with Gasteiger partial charge in [0, 0.05) is 14.3 Å². The smallest absolute Gasteiger partial charge is 0.0509 e. The fourth-order valence-corrected chi connectivity index (χ4v) is 3.11. The standard InChI is InChI=1S/C13H27OP/c1-4-7-9-11-14-15(12-6-3)13-10-8-5-2/h6H,3-5,7-13H2,1-2H3. The van der Waals surface area contributed by atoms with Crippen molar-refractivity contribution in [2.24, 2.45) is 0 Å². The van der Waals surface area contributed by atoms with Crippen molar-refractivity contribution < 1.29 is 4.52 Å². The van der Waals surface area contributed by atoms with Gasteiger partial charge in [-0.1, -0.05) is 45.6 Å². The molecule has 90 valence electrons. The van der Waals surface area contributed by atoms with Crippen molar-refractivity contribution in [3.05, 3.63) is 12.7 Å². The van der Waals surface area contributed by atoms with Gasteiger partial charge in [0.2, 0.25) is 0 Å². The van der Waals surface area contributed by atoms with Crippen molar-refractivity contribution in [3.63, 3.8) is 0 Å². The van der Waals surface area contributed by atoms with E-state index in [2.05, 4.69) is 20.4 Å². The Bertz CT molecular complexity index is 136. The number of unbranched alkanes of at least 4 members (excludes halogenated alkanes) is 4. The van der Waals surface area contributed by atoms with E-state index in [-0.39, 0.29) is 8.15 Å². The first kappa shape index (κ1) is 15.1. The predicted molar refractivity (Wildman–Crippen MR) is 71.9 cm³/mol. The normalized spacial score (nSPS) is 12.7. The summed E-state index contributed by atoms with van der Waals surface area (Å²) in [5.41, 5.74) is 0. The molecule has 0 heterocycles. The zero-order valence-corrected chi connectivity index (χ0v) is 11.4. The molecule has 1 atom stereocenters. The molecular formula is C13H27OP. The van der Waals surface area contributed by atoms with Crippen LogP contribution in [0.25, 0.3) is 0 Å². The van der Waals surface area contributed by atoms with Crippen LogP contribution in [0, 0.1) is 0 Å². The third-order valence-corrected chi connectivity index (χ3v) is 4.39. The minimum atomic E-state index is -0.207. The van der Waals surface area contributed by atoms with E-state index in [9.17, 15) is 0 Å². The van der Waals surface area contributed by atoms with Gasteiger partial charge in [-0.05, 0) is 19.0 Å². The lowest BCUT2D eigenvalue weighted by Crippen LogP contribution is -1.96. The van der Waals surface area contributed by atoms with E-state index >= 15 is 0 Å². The van der Waals surface area contributed by atoms with Crippen LogP contribution >= 0.6 is 8.15 Å². The van der Waals surface area contributed by atoms with Gasteiger partial charge in [-0.25, -0.2) is 0 Å². The maximum atomic E-state index is 5.92. The van der Waals surface area contributed by atoms with Gasteiger partial charge in [-0.15, -0.1) is 6.58 Å². The lowest BCUT2D eigenvalue weighted by molar-refractivity contribution is 0.338. The second kappa shape index (κ2) is 12.2. The Morgan fingerprint density at radius 3 is 2.33 bits per heavy atom. The molecule has 0 spiro atoms. The molecule has 15 heavy (non-hydrogen) atoms. The third kappa shape index (κ3) is 10.4. The summed E-state index contributed by atoms with van der Waals surface area (Å²) in [5.74, 6) is 0. The molecule has 0 radical (unpaired) electrons. The molecule has 0 saturated heterocycles. The highest BCUT2D eigenvalue weighted by Gasteiger charge is 2.06. The summed E-state index contributed by atoms with van der Waals surface area (Å²) in [6.45, 7) is 9.25. The van der Waals surface area contributed by atoms with E-state index < -0.39 is 0 Å². The number of hydrogen-bond acceptors (Lipinski definition) is 1. The van der Waals surface area contributed by atoms with E-state index in [4.69, 9.17) is 4.52 Å². The van der Waals surface area contributed by atoms with Crippen LogP contribution < -0.4 is 0 Å². The Balaban J connectivity index is 3.48. The zero-order chi connectivity index (χ0) is 11.4. The van der Waals surface area contributed by atoms with Crippen molar-refractivity contribution in [2.75, 3.05) is 18.9 Å².